The number of esters is 1. The maximum absolute atomic E-state index is 13.7. The number of aromatic nitrogens is 1. The molecular weight excluding hydrogens is 539 g/mol. The molecule has 1 atom stereocenters. The van der Waals surface area contributed by atoms with E-state index in [1.807, 2.05) is 13.8 Å². The number of carbonyl (C=O) groups is 1. The van der Waals surface area contributed by atoms with Crippen molar-refractivity contribution in [1.82, 2.24) is 4.57 Å². The quantitative estimate of drug-likeness (QED) is 0.383. The number of carbonyl (C=O) groups excluding carboxylic acids is 1. The number of methoxy groups -OCH3 is 2. The van der Waals surface area contributed by atoms with Gasteiger partial charge in [-0.15, -0.1) is 0 Å². The number of rotatable bonds is 8. The van der Waals surface area contributed by atoms with Gasteiger partial charge in [0.05, 0.1) is 53.6 Å². The van der Waals surface area contributed by atoms with Crippen LogP contribution in [-0.2, 0) is 9.53 Å². The van der Waals surface area contributed by atoms with Gasteiger partial charge in [-0.05, 0) is 55.3 Å². The summed E-state index contributed by atoms with van der Waals surface area (Å²) in [6, 6.07) is 7.84. The summed E-state index contributed by atoms with van der Waals surface area (Å²) in [5.41, 5.74) is 1.13. The van der Waals surface area contributed by atoms with Crippen LogP contribution in [0.1, 0.15) is 31.0 Å². The molecule has 194 valence electrons. The predicted octanol–water partition coefficient (Wildman–Crippen LogP) is 4.13. The first-order chi connectivity index (χ1) is 17.8. The van der Waals surface area contributed by atoms with Crippen LogP contribution in [0.5, 0.6) is 17.2 Å². The van der Waals surface area contributed by atoms with Gasteiger partial charge in [-0.1, -0.05) is 40.6 Å². The Morgan fingerprint density at radius 1 is 1.08 bits per heavy atom. The second kappa shape index (κ2) is 11.4. The van der Waals surface area contributed by atoms with Crippen LogP contribution in [0.2, 0.25) is 10.0 Å². The highest BCUT2D eigenvalue weighted by Gasteiger charge is 2.31. The molecule has 0 fully saturated rings. The van der Waals surface area contributed by atoms with E-state index in [2.05, 4.69) is 4.99 Å². The zero-order valence-corrected chi connectivity index (χ0v) is 22.9. The van der Waals surface area contributed by atoms with Crippen LogP contribution in [0.4, 0.5) is 0 Å². The number of halogens is 2. The van der Waals surface area contributed by atoms with E-state index < -0.39 is 12.0 Å². The van der Waals surface area contributed by atoms with Crippen LogP contribution >= 0.6 is 34.5 Å². The molecule has 3 aromatic rings. The first-order valence-corrected chi connectivity index (χ1v) is 12.9. The van der Waals surface area contributed by atoms with Crippen molar-refractivity contribution in [3.8, 4) is 17.2 Å². The third-order valence-electron chi connectivity index (χ3n) is 5.53. The van der Waals surface area contributed by atoms with Crippen molar-refractivity contribution in [2.75, 3.05) is 27.4 Å². The van der Waals surface area contributed by atoms with E-state index in [0.717, 1.165) is 0 Å². The Labute approximate surface area is 227 Å². The van der Waals surface area contributed by atoms with E-state index in [9.17, 15) is 9.59 Å². The summed E-state index contributed by atoms with van der Waals surface area (Å²) in [7, 11) is 2.76. The normalized spacial score (nSPS) is 14.9. The summed E-state index contributed by atoms with van der Waals surface area (Å²) in [5, 5.41) is 0.635. The molecular formula is C26H24Cl2N2O6S. The highest BCUT2D eigenvalue weighted by atomic mass is 35.5. The topological polar surface area (TPSA) is 88.4 Å². The molecule has 0 N–H and O–H groups in total. The third-order valence-corrected chi connectivity index (χ3v) is 7.09. The predicted molar refractivity (Wildman–Crippen MR) is 143 cm³/mol. The van der Waals surface area contributed by atoms with Gasteiger partial charge >= 0.3 is 5.97 Å². The molecule has 0 unspecified atom stereocenters. The van der Waals surface area contributed by atoms with Crippen molar-refractivity contribution in [3.05, 3.63) is 83.0 Å². The lowest BCUT2D eigenvalue weighted by Crippen LogP contribution is -2.39. The van der Waals surface area contributed by atoms with Crippen molar-refractivity contribution in [2.45, 2.75) is 19.9 Å². The van der Waals surface area contributed by atoms with Gasteiger partial charge in [-0.2, -0.15) is 0 Å². The Kier molecular flexibility index (Phi) is 8.26. The zero-order chi connectivity index (χ0) is 26.7. The van der Waals surface area contributed by atoms with Crippen molar-refractivity contribution >= 4 is 46.6 Å². The van der Waals surface area contributed by atoms with Gasteiger partial charge in [0.1, 0.15) is 0 Å². The molecule has 8 nitrogen and oxygen atoms in total. The SMILES string of the molecule is CCOc1ccc([C@@H]2C(C(=O)OC)=CN=c3s/c(=C\c4cc(Cl)c(OC)c(Cl)c4)c(=O)n32)cc1OCC. The summed E-state index contributed by atoms with van der Waals surface area (Å²) >= 11 is 13.7. The van der Waals surface area contributed by atoms with Crippen LogP contribution < -0.4 is 29.1 Å². The van der Waals surface area contributed by atoms with E-state index >= 15 is 0 Å². The number of nitrogens with zero attached hydrogens (tertiary/aromatic N) is 2. The number of hydrogen-bond acceptors (Lipinski definition) is 8. The van der Waals surface area contributed by atoms with Crippen molar-refractivity contribution in [1.29, 1.82) is 0 Å². The molecule has 0 saturated carbocycles. The molecule has 0 amide bonds. The summed E-state index contributed by atoms with van der Waals surface area (Å²) in [4.78, 5) is 31.2. The fourth-order valence-electron chi connectivity index (χ4n) is 4.00. The van der Waals surface area contributed by atoms with Crippen LogP contribution in [0.25, 0.3) is 6.08 Å². The molecule has 1 aliphatic rings. The Morgan fingerprint density at radius 2 is 1.76 bits per heavy atom. The summed E-state index contributed by atoms with van der Waals surface area (Å²) < 4.78 is 23.5. The largest absolute Gasteiger partial charge is 0.494 e. The molecule has 1 aliphatic heterocycles. The van der Waals surface area contributed by atoms with Crippen molar-refractivity contribution in [2.24, 2.45) is 4.99 Å². The second-order valence-corrected chi connectivity index (χ2v) is 9.59. The zero-order valence-electron chi connectivity index (χ0n) is 20.5. The van der Waals surface area contributed by atoms with Crippen LogP contribution in [0, 0.1) is 0 Å². The van der Waals surface area contributed by atoms with E-state index in [1.54, 1.807) is 36.4 Å². The second-order valence-electron chi connectivity index (χ2n) is 7.77. The minimum atomic E-state index is -0.788. The van der Waals surface area contributed by atoms with Gasteiger partial charge in [-0.25, -0.2) is 9.79 Å². The van der Waals surface area contributed by atoms with Gasteiger partial charge in [0.25, 0.3) is 5.56 Å². The molecule has 0 radical (unpaired) electrons. The highest BCUT2D eigenvalue weighted by molar-refractivity contribution is 7.07. The Balaban J connectivity index is 1.90. The van der Waals surface area contributed by atoms with Crippen molar-refractivity contribution in [3.63, 3.8) is 0 Å². The molecule has 2 aromatic carbocycles. The Hall–Kier alpha value is -3.27. The van der Waals surface area contributed by atoms with Crippen LogP contribution in [-0.4, -0.2) is 38.0 Å². The number of fused-ring (bicyclic) bond motifs is 1. The fraction of sp³-hybridized carbons (Fsp3) is 0.269. The minimum Gasteiger partial charge on any atom is -0.494 e. The lowest BCUT2D eigenvalue weighted by molar-refractivity contribution is -0.136. The first-order valence-electron chi connectivity index (χ1n) is 11.3. The smallest absolute Gasteiger partial charge is 0.337 e. The molecule has 37 heavy (non-hydrogen) atoms. The van der Waals surface area contributed by atoms with Crippen LogP contribution in [0.15, 0.2) is 51.9 Å². The molecule has 0 spiro atoms. The van der Waals surface area contributed by atoms with Gasteiger partial charge in [0.2, 0.25) is 0 Å². The Morgan fingerprint density at radius 3 is 2.38 bits per heavy atom. The average Bonchev–Trinajstić information content (AvgIpc) is 3.19. The van der Waals surface area contributed by atoms with Gasteiger partial charge in [-0.3, -0.25) is 9.36 Å². The third kappa shape index (κ3) is 5.25. The van der Waals surface area contributed by atoms with E-state index in [4.69, 9.17) is 42.1 Å². The first kappa shape index (κ1) is 26.8. The monoisotopic (exact) mass is 562 g/mol. The van der Waals surface area contributed by atoms with E-state index in [0.29, 0.717) is 61.0 Å². The van der Waals surface area contributed by atoms with Gasteiger partial charge in [0, 0.05) is 6.20 Å². The lowest BCUT2D eigenvalue weighted by Gasteiger charge is -2.23. The standard InChI is InChI=1S/C26H24Cl2N2O6S/c1-5-35-19-8-7-15(12-20(19)36-6-2)22-16(25(32)34-4)13-29-26-30(22)24(31)21(37-26)11-14-9-17(27)23(33-3)18(28)10-14/h7-13,22H,5-6H2,1-4H3/b21-11-/t22-/m1/s1. The molecule has 2 heterocycles. The van der Waals surface area contributed by atoms with Crippen LogP contribution in [0.3, 0.4) is 0 Å². The molecule has 1 aromatic heterocycles. The molecule has 0 bridgehead atoms. The highest BCUT2D eigenvalue weighted by Crippen LogP contribution is 2.36. The number of thiazole rings is 1. The fourth-order valence-corrected chi connectivity index (χ4v) is 5.62. The Bertz CT molecular complexity index is 1540. The molecule has 0 saturated heterocycles. The summed E-state index contributed by atoms with van der Waals surface area (Å²) in [6.07, 6.45) is 3.10. The average molecular weight is 563 g/mol. The van der Waals surface area contributed by atoms with Crippen molar-refractivity contribution < 1.29 is 23.7 Å². The lowest BCUT2D eigenvalue weighted by atomic mass is 9.97. The minimum absolute atomic E-state index is 0.212. The number of benzene rings is 2. The molecule has 11 heteroatoms. The summed E-state index contributed by atoms with van der Waals surface area (Å²) in [6.45, 7) is 4.62. The maximum Gasteiger partial charge on any atom is 0.337 e. The summed E-state index contributed by atoms with van der Waals surface area (Å²) in [5.74, 6) is 0.832. The number of ether oxygens (including phenoxy) is 4. The molecule has 0 aliphatic carbocycles. The maximum atomic E-state index is 13.7. The number of hydrogen-bond donors (Lipinski definition) is 0. The molecule has 4 rings (SSSR count). The van der Waals surface area contributed by atoms with E-state index in [-0.39, 0.29) is 11.1 Å². The van der Waals surface area contributed by atoms with Gasteiger partial charge in [0.15, 0.2) is 22.0 Å². The van der Waals surface area contributed by atoms with Gasteiger partial charge < -0.3 is 18.9 Å². The van der Waals surface area contributed by atoms with E-state index in [1.165, 1.54) is 36.3 Å².